The number of hydrogen-bond donors (Lipinski definition) is 2. The Morgan fingerprint density at radius 3 is 2.77 bits per heavy atom. The van der Waals surface area contributed by atoms with Crippen LogP contribution < -0.4 is 14.8 Å². The highest BCUT2D eigenvalue weighted by molar-refractivity contribution is 5.79. The highest BCUT2D eigenvalue weighted by Crippen LogP contribution is 2.26. The van der Waals surface area contributed by atoms with Crippen LogP contribution in [0.1, 0.15) is 24.8 Å². The van der Waals surface area contributed by atoms with E-state index in [1.54, 1.807) is 25.3 Å². The van der Waals surface area contributed by atoms with Crippen LogP contribution in [0, 0.1) is 12.8 Å². The first-order chi connectivity index (χ1) is 10.5. The SMILES string of the molecule is COc1ccc(OCC(=O)N[C@@H]2CCC[C@@H]2C(=O)O)cc1C. The fraction of sp³-hybridized carbons (Fsp3) is 0.500. The molecule has 1 aliphatic carbocycles. The number of rotatable bonds is 6. The van der Waals surface area contributed by atoms with Crippen molar-refractivity contribution < 1.29 is 24.2 Å². The minimum absolute atomic E-state index is 0.130. The summed E-state index contributed by atoms with van der Waals surface area (Å²) >= 11 is 0. The number of carbonyl (C=O) groups is 2. The third kappa shape index (κ3) is 3.90. The van der Waals surface area contributed by atoms with E-state index in [0.717, 1.165) is 17.7 Å². The second-order valence-corrected chi connectivity index (χ2v) is 5.47. The maximum absolute atomic E-state index is 11.9. The Labute approximate surface area is 129 Å². The van der Waals surface area contributed by atoms with Crippen molar-refractivity contribution >= 4 is 11.9 Å². The van der Waals surface area contributed by atoms with Gasteiger partial charge in [0.05, 0.1) is 13.0 Å². The molecule has 0 saturated heterocycles. The number of methoxy groups -OCH3 is 1. The molecule has 0 heterocycles. The molecular formula is C16H21NO5. The summed E-state index contributed by atoms with van der Waals surface area (Å²) in [5.41, 5.74) is 0.919. The smallest absolute Gasteiger partial charge is 0.308 e. The maximum atomic E-state index is 11.9. The predicted octanol–water partition coefficient (Wildman–Crippen LogP) is 1.75. The van der Waals surface area contributed by atoms with Gasteiger partial charge in [-0.25, -0.2) is 0 Å². The first kappa shape index (κ1) is 16.1. The van der Waals surface area contributed by atoms with Crippen LogP contribution in [0.5, 0.6) is 11.5 Å². The molecule has 1 aliphatic rings. The number of aryl methyl sites for hydroxylation is 1. The molecule has 1 fully saturated rings. The topological polar surface area (TPSA) is 84.9 Å². The summed E-state index contributed by atoms with van der Waals surface area (Å²) in [6.45, 7) is 1.76. The molecule has 1 aromatic carbocycles. The second kappa shape index (κ2) is 7.15. The lowest BCUT2D eigenvalue weighted by Gasteiger charge is -2.17. The fourth-order valence-electron chi connectivity index (χ4n) is 2.77. The van der Waals surface area contributed by atoms with Gasteiger partial charge in [0, 0.05) is 6.04 Å². The zero-order valence-corrected chi connectivity index (χ0v) is 12.8. The predicted molar refractivity (Wildman–Crippen MR) is 80.1 cm³/mol. The van der Waals surface area contributed by atoms with Crippen LogP contribution >= 0.6 is 0 Å². The van der Waals surface area contributed by atoms with Crippen molar-refractivity contribution in [3.05, 3.63) is 23.8 Å². The quantitative estimate of drug-likeness (QED) is 0.836. The van der Waals surface area contributed by atoms with Crippen molar-refractivity contribution in [2.24, 2.45) is 5.92 Å². The molecule has 1 saturated carbocycles. The number of nitrogens with one attached hydrogen (secondary N) is 1. The highest BCUT2D eigenvalue weighted by Gasteiger charge is 2.33. The number of amides is 1. The van der Waals surface area contributed by atoms with Gasteiger partial charge in [-0.2, -0.15) is 0 Å². The van der Waals surface area contributed by atoms with Gasteiger partial charge in [0.1, 0.15) is 11.5 Å². The molecule has 0 aromatic heterocycles. The molecule has 1 aromatic rings. The number of carboxylic acids is 1. The minimum atomic E-state index is -0.852. The molecule has 2 atom stereocenters. The Morgan fingerprint density at radius 2 is 2.14 bits per heavy atom. The normalized spacial score (nSPS) is 20.5. The highest BCUT2D eigenvalue weighted by atomic mass is 16.5. The summed E-state index contributed by atoms with van der Waals surface area (Å²) in [7, 11) is 1.59. The van der Waals surface area contributed by atoms with Crippen LogP contribution in [0.15, 0.2) is 18.2 Å². The van der Waals surface area contributed by atoms with E-state index in [-0.39, 0.29) is 18.6 Å². The van der Waals surface area contributed by atoms with E-state index in [4.69, 9.17) is 14.6 Å². The summed E-state index contributed by atoms with van der Waals surface area (Å²) in [5.74, 6) is -0.310. The summed E-state index contributed by atoms with van der Waals surface area (Å²) in [5, 5.41) is 11.8. The molecule has 0 spiro atoms. The van der Waals surface area contributed by atoms with Crippen molar-refractivity contribution in [3.8, 4) is 11.5 Å². The standard InChI is InChI=1S/C16H21NO5/c1-10-8-11(6-7-14(10)21-2)22-9-15(18)17-13-5-3-4-12(13)16(19)20/h6-8,12-13H,3-5,9H2,1-2H3,(H,17,18)(H,19,20)/t12-,13+/m0/s1. The summed E-state index contributed by atoms with van der Waals surface area (Å²) < 4.78 is 10.6. The Morgan fingerprint density at radius 1 is 1.36 bits per heavy atom. The number of aliphatic carboxylic acids is 1. The Balaban J connectivity index is 1.85. The molecule has 0 aliphatic heterocycles. The van der Waals surface area contributed by atoms with Gasteiger partial charge in [0.25, 0.3) is 5.91 Å². The van der Waals surface area contributed by atoms with E-state index in [1.165, 1.54) is 0 Å². The first-order valence-corrected chi connectivity index (χ1v) is 7.31. The molecule has 6 heteroatoms. The van der Waals surface area contributed by atoms with Crippen molar-refractivity contribution in [1.29, 1.82) is 0 Å². The number of carbonyl (C=O) groups excluding carboxylic acids is 1. The van der Waals surface area contributed by atoms with Gasteiger partial charge in [0.2, 0.25) is 0 Å². The Kier molecular flexibility index (Phi) is 5.25. The molecule has 0 unspecified atom stereocenters. The summed E-state index contributed by atoms with van der Waals surface area (Å²) in [6.07, 6.45) is 2.13. The largest absolute Gasteiger partial charge is 0.496 e. The number of carboxylic acid groups (broad SMARTS) is 1. The first-order valence-electron chi connectivity index (χ1n) is 7.31. The van der Waals surface area contributed by atoms with Crippen molar-refractivity contribution in [1.82, 2.24) is 5.32 Å². The van der Waals surface area contributed by atoms with Gasteiger partial charge in [-0.3, -0.25) is 9.59 Å². The number of benzene rings is 1. The van der Waals surface area contributed by atoms with Crippen LogP contribution in [0.3, 0.4) is 0 Å². The van der Waals surface area contributed by atoms with Crippen LogP contribution in [0.2, 0.25) is 0 Å². The van der Waals surface area contributed by atoms with Crippen molar-refractivity contribution in [2.45, 2.75) is 32.2 Å². The Hall–Kier alpha value is -2.24. The molecule has 6 nitrogen and oxygen atoms in total. The van der Waals surface area contributed by atoms with E-state index < -0.39 is 11.9 Å². The second-order valence-electron chi connectivity index (χ2n) is 5.47. The zero-order valence-electron chi connectivity index (χ0n) is 12.8. The van der Waals surface area contributed by atoms with Gasteiger partial charge >= 0.3 is 5.97 Å². The molecule has 2 rings (SSSR count). The third-order valence-corrected chi connectivity index (χ3v) is 3.92. The average Bonchev–Trinajstić information content (AvgIpc) is 2.93. The fourth-order valence-corrected chi connectivity index (χ4v) is 2.77. The van der Waals surface area contributed by atoms with E-state index in [0.29, 0.717) is 18.6 Å². The molecule has 0 bridgehead atoms. The average molecular weight is 307 g/mol. The van der Waals surface area contributed by atoms with E-state index in [9.17, 15) is 9.59 Å². The van der Waals surface area contributed by atoms with E-state index in [1.807, 2.05) is 6.92 Å². The van der Waals surface area contributed by atoms with Crippen molar-refractivity contribution in [2.75, 3.05) is 13.7 Å². The summed E-state index contributed by atoms with van der Waals surface area (Å²) in [4.78, 5) is 23.0. The van der Waals surface area contributed by atoms with E-state index >= 15 is 0 Å². The molecule has 0 radical (unpaired) electrons. The summed E-state index contributed by atoms with van der Waals surface area (Å²) in [6, 6.07) is 5.00. The number of hydrogen-bond acceptors (Lipinski definition) is 4. The van der Waals surface area contributed by atoms with Gasteiger partial charge < -0.3 is 19.9 Å². The number of ether oxygens (including phenoxy) is 2. The monoisotopic (exact) mass is 307 g/mol. The molecule has 120 valence electrons. The maximum Gasteiger partial charge on any atom is 0.308 e. The zero-order chi connectivity index (χ0) is 16.1. The van der Waals surface area contributed by atoms with Crippen molar-refractivity contribution in [3.63, 3.8) is 0 Å². The minimum Gasteiger partial charge on any atom is -0.496 e. The van der Waals surface area contributed by atoms with Gasteiger partial charge in [-0.05, 0) is 43.5 Å². The van der Waals surface area contributed by atoms with Crippen LogP contribution in [0.4, 0.5) is 0 Å². The lowest BCUT2D eigenvalue weighted by atomic mass is 10.0. The molecule has 2 N–H and O–H groups in total. The van der Waals surface area contributed by atoms with Crippen LogP contribution in [-0.2, 0) is 9.59 Å². The molecule has 1 amide bonds. The van der Waals surface area contributed by atoms with Crippen LogP contribution in [0.25, 0.3) is 0 Å². The third-order valence-electron chi connectivity index (χ3n) is 3.92. The van der Waals surface area contributed by atoms with E-state index in [2.05, 4.69) is 5.32 Å². The van der Waals surface area contributed by atoms with Gasteiger partial charge in [0.15, 0.2) is 6.61 Å². The van der Waals surface area contributed by atoms with Crippen LogP contribution in [-0.4, -0.2) is 36.7 Å². The van der Waals surface area contributed by atoms with Gasteiger partial charge in [-0.1, -0.05) is 6.42 Å². The molecular weight excluding hydrogens is 286 g/mol. The van der Waals surface area contributed by atoms with Gasteiger partial charge in [-0.15, -0.1) is 0 Å². The Bertz CT molecular complexity index is 557. The lowest BCUT2D eigenvalue weighted by Crippen LogP contribution is -2.42. The molecule has 22 heavy (non-hydrogen) atoms. The lowest BCUT2D eigenvalue weighted by molar-refractivity contribution is -0.142.